The summed E-state index contributed by atoms with van der Waals surface area (Å²) in [6, 6.07) is 4.93. The molecule has 0 saturated heterocycles. The summed E-state index contributed by atoms with van der Waals surface area (Å²) in [6.45, 7) is 9.52. The van der Waals surface area contributed by atoms with E-state index >= 15 is 0 Å². The third-order valence-electron chi connectivity index (χ3n) is 4.19. The van der Waals surface area contributed by atoms with Gasteiger partial charge in [-0.1, -0.05) is 26.0 Å². The Bertz CT molecular complexity index is 534. The van der Waals surface area contributed by atoms with Gasteiger partial charge in [0, 0.05) is 18.8 Å². The lowest BCUT2D eigenvalue weighted by atomic mass is 9.89. The molecule has 4 heteroatoms. The molecule has 1 aromatic carbocycles. The third-order valence-corrected chi connectivity index (χ3v) is 4.19. The maximum absolute atomic E-state index is 4.42. The predicted octanol–water partition coefficient (Wildman–Crippen LogP) is 2.00. The minimum atomic E-state index is 0.410. The third kappa shape index (κ3) is 2.47. The van der Waals surface area contributed by atoms with Gasteiger partial charge in [-0.2, -0.15) is 0 Å². The summed E-state index contributed by atoms with van der Waals surface area (Å²) in [5.74, 6) is 1.51. The largest absolute Gasteiger partial charge is 0.383 e. The number of nitrogens with one attached hydrogen (secondary N) is 3. The first kappa shape index (κ1) is 13.3. The van der Waals surface area contributed by atoms with E-state index in [4.69, 9.17) is 0 Å². The number of guanidine groups is 1. The number of nitrogens with zero attached hydrogens (tertiary/aromatic N) is 1. The Morgan fingerprint density at radius 1 is 1.30 bits per heavy atom. The lowest BCUT2D eigenvalue weighted by Gasteiger charge is -2.31. The summed E-state index contributed by atoms with van der Waals surface area (Å²) < 4.78 is 0. The predicted molar refractivity (Wildman–Crippen MR) is 84.7 cm³/mol. The Hall–Kier alpha value is -1.71. The summed E-state index contributed by atoms with van der Waals surface area (Å²) in [7, 11) is 0. The number of hydrogen-bond donors (Lipinski definition) is 3. The van der Waals surface area contributed by atoms with Crippen molar-refractivity contribution in [3.05, 3.63) is 28.8 Å². The van der Waals surface area contributed by atoms with E-state index < -0.39 is 0 Å². The van der Waals surface area contributed by atoms with Crippen LogP contribution in [0.2, 0.25) is 0 Å². The number of fused-ring (bicyclic) bond motifs is 1. The van der Waals surface area contributed by atoms with E-state index in [2.05, 4.69) is 53.8 Å². The highest BCUT2D eigenvalue weighted by Crippen LogP contribution is 2.33. The highest BCUT2D eigenvalue weighted by molar-refractivity contribution is 5.81. The monoisotopic (exact) mass is 272 g/mol. The topological polar surface area (TPSA) is 48.5 Å². The van der Waals surface area contributed by atoms with Crippen molar-refractivity contribution in [3.8, 4) is 0 Å². The smallest absolute Gasteiger partial charge is 0.191 e. The highest BCUT2D eigenvalue weighted by atomic mass is 15.2. The zero-order valence-electron chi connectivity index (χ0n) is 12.6. The first-order valence-electron chi connectivity index (χ1n) is 7.56. The van der Waals surface area contributed by atoms with Gasteiger partial charge in [0.2, 0.25) is 0 Å². The number of hydrogen-bond acceptors (Lipinski definition) is 4. The average Bonchev–Trinajstić information content (AvgIpc) is 2.92. The van der Waals surface area contributed by atoms with Gasteiger partial charge in [0.25, 0.3) is 0 Å². The Kier molecular flexibility index (Phi) is 3.55. The van der Waals surface area contributed by atoms with Crippen LogP contribution in [0, 0.1) is 6.92 Å². The standard InChI is InChI=1S/C16H24N4/c1-10(2)13-5-4-11(3)14-8-12(9-19-15(13)14)20-16-17-6-7-18-16/h4-5,10,12,19H,6-9H2,1-3H3,(H2,17,18,20). The number of rotatable bonds is 2. The Morgan fingerprint density at radius 2 is 2.15 bits per heavy atom. The van der Waals surface area contributed by atoms with Crippen molar-refractivity contribution >= 4 is 11.6 Å². The normalized spacial score (nSPS) is 21.0. The first-order chi connectivity index (χ1) is 9.65. The lowest BCUT2D eigenvalue weighted by Crippen LogP contribution is -2.47. The van der Waals surface area contributed by atoms with Crippen molar-refractivity contribution in [2.75, 3.05) is 25.0 Å². The molecular weight excluding hydrogens is 248 g/mol. The van der Waals surface area contributed by atoms with Gasteiger partial charge in [-0.15, -0.1) is 0 Å². The molecular formula is C16H24N4. The first-order valence-corrected chi connectivity index (χ1v) is 7.56. The second-order valence-corrected chi connectivity index (χ2v) is 6.06. The van der Waals surface area contributed by atoms with Gasteiger partial charge in [-0.25, -0.2) is 0 Å². The molecule has 0 spiro atoms. The van der Waals surface area contributed by atoms with Crippen LogP contribution in [-0.4, -0.2) is 31.6 Å². The molecule has 0 saturated carbocycles. The summed E-state index contributed by atoms with van der Waals surface area (Å²) in [6.07, 6.45) is 1.06. The molecule has 108 valence electrons. The van der Waals surface area contributed by atoms with E-state index in [-0.39, 0.29) is 0 Å². The van der Waals surface area contributed by atoms with Gasteiger partial charge in [-0.3, -0.25) is 4.99 Å². The van der Waals surface area contributed by atoms with Gasteiger partial charge in [-0.05, 0) is 36.0 Å². The minimum absolute atomic E-state index is 0.410. The summed E-state index contributed by atoms with van der Waals surface area (Å²) >= 11 is 0. The Morgan fingerprint density at radius 3 is 2.85 bits per heavy atom. The number of aliphatic imine (C=N–C) groups is 1. The molecule has 1 unspecified atom stereocenters. The van der Waals surface area contributed by atoms with E-state index in [0.29, 0.717) is 12.0 Å². The van der Waals surface area contributed by atoms with Crippen LogP contribution in [0.15, 0.2) is 17.1 Å². The molecule has 4 nitrogen and oxygen atoms in total. The van der Waals surface area contributed by atoms with Crippen LogP contribution >= 0.6 is 0 Å². The quantitative estimate of drug-likeness (QED) is 0.772. The SMILES string of the molecule is Cc1ccc(C(C)C)c2c1CC(NC1=NCCN1)CN2. The fourth-order valence-electron chi connectivity index (χ4n) is 3.06. The lowest BCUT2D eigenvalue weighted by molar-refractivity contribution is 0.602. The average molecular weight is 272 g/mol. The van der Waals surface area contributed by atoms with Crippen LogP contribution in [0.3, 0.4) is 0 Å². The number of aryl methyl sites for hydroxylation is 1. The molecule has 3 N–H and O–H groups in total. The van der Waals surface area contributed by atoms with Gasteiger partial charge in [0.05, 0.1) is 12.6 Å². The molecule has 0 bridgehead atoms. The number of benzene rings is 1. The summed E-state index contributed by atoms with van der Waals surface area (Å²) in [4.78, 5) is 4.42. The summed E-state index contributed by atoms with van der Waals surface area (Å²) in [5, 5.41) is 10.4. The van der Waals surface area contributed by atoms with E-state index in [1.54, 1.807) is 0 Å². The molecule has 1 atom stereocenters. The van der Waals surface area contributed by atoms with E-state index in [1.807, 2.05) is 0 Å². The van der Waals surface area contributed by atoms with Crippen molar-refractivity contribution in [2.24, 2.45) is 4.99 Å². The molecule has 0 aliphatic carbocycles. The van der Waals surface area contributed by atoms with Gasteiger partial charge >= 0.3 is 0 Å². The van der Waals surface area contributed by atoms with Gasteiger partial charge < -0.3 is 16.0 Å². The Labute approximate surface area is 121 Å². The molecule has 3 rings (SSSR count). The molecule has 1 aromatic rings. The zero-order chi connectivity index (χ0) is 14.1. The van der Waals surface area contributed by atoms with Crippen molar-refractivity contribution in [3.63, 3.8) is 0 Å². The molecule has 2 aliphatic rings. The maximum atomic E-state index is 4.42. The minimum Gasteiger partial charge on any atom is -0.383 e. The van der Waals surface area contributed by atoms with E-state index in [0.717, 1.165) is 32.0 Å². The van der Waals surface area contributed by atoms with Crippen molar-refractivity contribution in [2.45, 2.75) is 39.2 Å². The molecule has 2 heterocycles. The zero-order valence-corrected chi connectivity index (χ0v) is 12.6. The van der Waals surface area contributed by atoms with Crippen LogP contribution in [0.1, 0.15) is 36.5 Å². The molecule has 0 amide bonds. The van der Waals surface area contributed by atoms with Crippen molar-refractivity contribution < 1.29 is 0 Å². The molecule has 0 radical (unpaired) electrons. The Balaban J connectivity index is 1.81. The second-order valence-electron chi connectivity index (χ2n) is 6.06. The molecule has 2 aliphatic heterocycles. The van der Waals surface area contributed by atoms with Crippen LogP contribution in [0.5, 0.6) is 0 Å². The van der Waals surface area contributed by atoms with Gasteiger partial charge in [0.1, 0.15) is 0 Å². The van der Waals surface area contributed by atoms with Crippen LogP contribution in [0.25, 0.3) is 0 Å². The van der Waals surface area contributed by atoms with E-state index in [1.165, 1.54) is 22.4 Å². The fraction of sp³-hybridized carbons (Fsp3) is 0.562. The van der Waals surface area contributed by atoms with Gasteiger partial charge in [0.15, 0.2) is 5.96 Å². The van der Waals surface area contributed by atoms with Crippen molar-refractivity contribution in [1.82, 2.24) is 10.6 Å². The van der Waals surface area contributed by atoms with Crippen molar-refractivity contribution in [1.29, 1.82) is 0 Å². The number of anilines is 1. The summed E-state index contributed by atoms with van der Waals surface area (Å²) in [5.41, 5.74) is 5.63. The van der Waals surface area contributed by atoms with Crippen LogP contribution in [0.4, 0.5) is 5.69 Å². The molecule has 20 heavy (non-hydrogen) atoms. The van der Waals surface area contributed by atoms with Crippen LogP contribution in [-0.2, 0) is 6.42 Å². The maximum Gasteiger partial charge on any atom is 0.191 e. The fourth-order valence-corrected chi connectivity index (χ4v) is 3.06. The molecule has 0 fully saturated rings. The van der Waals surface area contributed by atoms with Crippen LogP contribution < -0.4 is 16.0 Å². The highest BCUT2D eigenvalue weighted by Gasteiger charge is 2.23. The second kappa shape index (κ2) is 5.35. The van der Waals surface area contributed by atoms with E-state index in [9.17, 15) is 0 Å². The molecule has 0 aromatic heterocycles.